The molecule has 1 amide bonds. The number of aromatic nitrogens is 5. The lowest BCUT2D eigenvalue weighted by molar-refractivity contribution is 0.102. The van der Waals surface area contributed by atoms with E-state index in [0.29, 0.717) is 17.9 Å². The predicted molar refractivity (Wildman–Crippen MR) is 102 cm³/mol. The number of nitrogens with one attached hydrogen (secondary N) is 2. The van der Waals surface area contributed by atoms with Gasteiger partial charge in [-0.25, -0.2) is 9.67 Å². The first-order chi connectivity index (χ1) is 13.2. The van der Waals surface area contributed by atoms with Gasteiger partial charge in [-0.15, -0.1) is 5.10 Å². The third-order valence-electron chi connectivity index (χ3n) is 4.12. The van der Waals surface area contributed by atoms with Crippen LogP contribution in [0, 0.1) is 6.92 Å². The Hall–Kier alpha value is -3.74. The van der Waals surface area contributed by atoms with E-state index in [1.54, 1.807) is 17.1 Å². The highest BCUT2D eigenvalue weighted by Crippen LogP contribution is 2.18. The van der Waals surface area contributed by atoms with Gasteiger partial charge in [0.1, 0.15) is 12.0 Å². The van der Waals surface area contributed by atoms with Gasteiger partial charge in [0, 0.05) is 5.56 Å². The van der Waals surface area contributed by atoms with Gasteiger partial charge in [-0.05, 0) is 18.6 Å². The average molecular weight is 358 g/mol. The van der Waals surface area contributed by atoms with Crippen LogP contribution in [0.1, 0.15) is 21.6 Å². The number of H-pyrrole nitrogens is 1. The van der Waals surface area contributed by atoms with Crippen LogP contribution in [0.25, 0.3) is 11.3 Å². The maximum Gasteiger partial charge on any atom is 0.276 e. The molecule has 0 atom stereocenters. The molecule has 0 saturated carbocycles. The van der Waals surface area contributed by atoms with E-state index >= 15 is 0 Å². The molecule has 0 radical (unpaired) electrons. The van der Waals surface area contributed by atoms with Gasteiger partial charge in [0.15, 0.2) is 0 Å². The maximum atomic E-state index is 12.4. The molecule has 2 N–H and O–H groups in total. The Morgan fingerprint density at radius 2 is 1.89 bits per heavy atom. The zero-order chi connectivity index (χ0) is 18.6. The molecule has 0 saturated heterocycles. The lowest BCUT2D eigenvalue weighted by Gasteiger charge is -2.00. The van der Waals surface area contributed by atoms with Crippen LogP contribution < -0.4 is 5.32 Å². The molecule has 0 aliphatic heterocycles. The van der Waals surface area contributed by atoms with E-state index < -0.39 is 0 Å². The molecule has 2 heterocycles. The average Bonchev–Trinajstić information content (AvgIpc) is 3.33. The Morgan fingerprint density at radius 3 is 2.67 bits per heavy atom. The number of aryl methyl sites for hydroxylation is 1. The van der Waals surface area contributed by atoms with Gasteiger partial charge < -0.3 is 0 Å². The number of carbonyl (C=O) groups is 1. The van der Waals surface area contributed by atoms with Crippen molar-refractivity contribution in [2.45, 2.75) is 13.5 Å². The van der Waals surface area contributed by atoms with Crippen molar-refractivity contribution in [3.05, 3.63) is 83.8 Å². The third-order valence-corrected chi connectivity index (χ3v) is 4.12. The summed E-state index contributed by atoms with van der Waals surface area (Å²) in [6.45, 7) is 2.61. The monoisotopic (exact) mass is 358 g/mol. The Kier molecular flexibility index (Phi) is 4.49. The van der Waals surface area contributed by atoms with Gasteiger partial charge in [0.2, 0.25) is 5.95 Å². The summed E-state index contributed by atoms with van der Waals surface area (Å²) >= 11 is 0. The largest absolute Gasteiger partial charge is 0.288 e. The second kappa shape index (κ2) is 7.25. The minimum absolute atomic E-state index is 0.252. The number of anilines is 1. The standard InChI is InChI=1S/C20H18N6O/c1-14-7-9-16(10-8-14)17-11-18(24-23-17)19(27)22-20-21-13-26(25-20)12-15-5-3-2-4-6-15/h2-11,13H,12H2,1H3,(H,23,24)(H,22,25,27). The molecular formula is C20H18N6O. The van der Waals surface area contributed by atoms with E-state index in [-0.39, 0.29) is 11.9 Å². The molecule has 4 rings (SSSR count). The molecule has 4 aromatic rings. The number of benzene rings is 2. The molecule has 2 aromatic heterocycles. The molecule has 134 valence electrons. The van der Waals surface area contributed by atoms with Crippen LogP contribution in [-0.4, -0.2) is 30.9 Å². The van der Waals surface area contributed by atoms with E-state index in [9.17, 15) is 4.79 Å². The summed E-state index contributed by atoms with van der Waals surface area (Å²) in [5, 5.41) is 13.9. The molecule has 2 aromatic carbocycles. The zero-order valence-corrected chi connectivity index (χ0v) is 14.8. The fourth-order valence-electron chi connectivity index (χ4n) is 2.68. The number of amides is 1. The zero-order valence-electron chi connectivity index (χ0n) is 14.8. The molecule has 0 bridgehead atoms. The van der Waals surface area contributed by atoms with Crippen molar-refractivity contribution < 1.29 is 4.79 Å². The summed E-state index contributed by atoms with van der Waals surface area (Å²) in [5.74, 6) is -0.0826. The quantitative estimate of drug-likeness (QED) is 0.573. The van der Waals surface area contributed by atoms with Crippen molar-refractivity contribution in [1.29, 1.82) is 0 Å². The van der Waals surface area contributed by atoms with Crippen molar-refractivity contribution in [2.24, 2.45) is 0 Å². The summed E-state index contributed by atoms with van der Waals surface area (Å²) in [6, 6.07) is 19.6. The summed E-state index contributed by atoms with van der Waals surface area (Å²) in [4.78, 5) is 16.5. The Morgan fingerprint density at radius 1 is 1.11 bits per heavy atom. The van der Waals surface area contributed by atoms with Crippen molar-refractivity contribution in [1.82, 2.24) is 25.0 Å². The van der Waals surface area contributed by atoms with Crippen molar-refractivity contribution in [3.8, 4) is 11.3 Å². The lowest BCUT2D eigenvalue weighted by Crippen LogP contribution is -2.14. The molecule has 7 heteroatoms. The predicted octanol–water partition coefficient (Wildman–Crippen LogP) is 3.28. The van der Waals surface area contributed by atoms with Gasteiger partial charge in [-0.1, -0.05) is 60.2 Å². The molecule has 0 aliphatic rings. The molecule has 7 nitrogen and oxygen atoms in total. The Bertz CT molecular complexity index is 1050. The van der Waals surface area contributed by atoms with Gasteiger partial charge in [0.25, 0.3) is 5.91 Å². The molecule has 0 aliphatic carbocycles. The summed E-state index contributed by atoms with van der Waals surface area (Å²) in [5.41, 5.74) is 4.29. The highest BCUT2D eigenvalue weighted by atomic mass is 16.2. The van der Waals surface area contributed by atoms with Crippen LogP contribution in [0.15, 0.2) is 67.0 Å². The van der Waals surface area contributed by atoms with Crippen LogP contribution in [0.5, 0.6) is 0 Å². The molecule has 0 unspecified atom stereocenters. The second-order valence-corrected chi connectivity index (χ2v) is 6.24. The minimum atomic E-state index is -0.335. The van der Waals surface area contributed by atoms with E-state index in [4.69, 9.17) is 0 Å². The van der Waals surface area contributed by atoms with E-state index in [1.807, 2.05) is 61.5 Å². The topological polar surface area (TPSA) is 88.5 Å². The normalized spacial score (nSPS) is 10.7. The van der Waals surface area contributed by atoms with Crippen LogP contribution in [0.3, 0.4) is 0 Å². The number of carbonyl (C=O) groups excluding carboxylic acids is 1. The number of hydrogen-bond acceptors (Lipinski definition) is 4. The van der Waals surface area contributed by atoms with Gasteiger partial charge in [0.05, 0.1) is 12.2 Å². The summed E-state index contributed by atoms with van der Waals surface area (Å²) in [6.07, 6.45) is 1.59. The van der Waals surface area contributed by atoms with E-state index in [1.165, 1.54) is 5.56 Å². The minimum Gasteiger partial charge on any atom is -0.288 e. The van der Waals surface area contributed by atoms with Crippen LogP contribution >= 0.6 is 0 Å². The molecular weight excluding hydrogens is 340 g/mol. The first-order valence-corrected chi connectivity index (χ1v) is 8.54. The lowest BCUT2D eigenvalue weighted by atomic mass is 10.1. The Labute approximate surface area is 156 Å². The number of nitrogens with zero attached hydrogens (tertiary/aromatic N) is 4. The van der Waals surface area contributed by atoms with E-state index in [0.717, 1.165) is 11.1 Å². The van der Waals surface area contributed by atoms with Gasteiger partial charge in [-0.2, -0.15) is 5.10 Å². The number of rotatable bonds is 5. The van der Waals surface area contributed by atoms with Gasteiger partial charge in [-0.3, -0.25) is 15.2 Å². The fraction of sp³-hybridized carbons (Fsp3) is 0.100. The number of aromatic amines is 1. The van der Waals surface area contributed by atoms with Gasteiger partial charge >= 0.3 is 0 Å². The van der Waals surface area contributed by atoms with Crippen LogP contribution in [0.4, 0.5) is 5.95 Å². The van der Waals surface area contributed by atoms with Crippen molar-refractivity contribution >= 4 is 11.9 Å². The first kappa shape index (κ1) is 16.7. The van der Waals surface area contributed by atoms with Crippen molar-refractivity contribution in [2.75, 3.05) is 5.32 Å². The fourth-order valence-corrected chi connectivity index (χ4v) is 2.68. The highest BCUT2D eigenvalue weighted by Gasteiger charge is 2.13. The van der Waals surface area contributed by atoms with Crippen LogP contribution in [-0.2, 0) is 6.54 Å². The summed E-state index contributed by atoms with van der Waals surface area (Å²) < 4.78 is 1.68. The van der Waals surface area contributed by atoms with E-state index in [2.05, 4.69) is 25.6 Å². The SMILES string of the molecule is Cc1ccc(-c2cc(C(=O)Nc3ncn(Cc4ccccc4)n3)[nH]n2)cc1. The highest BCUT2D eigenvalue weighted by molar-refractivity contribution is 6.02. The smallest absolute Gasteiger partial charge is 0.276 e. The summed E-state index contributed by atoms with van der Waals surface area (Å²) in [7, 11) is 0. The Balaban J connectivity index is 1.43. The van der Waals surface area contributed by atoms with Crippen molar-refractivity contribution in [3.63, 3.8) is 0 Å². The molecule has 27 heavy (non-hydrogen) atoms. The third kappa shape index (κ3) is 3.92. The molecule has 0 fully saturated rings. The van der Waals surface area contributed by atoms with Crippen LogP contribution in [0.2, 0.25) is 0 Å². The first-order valence-electron chi connectivity index (χ1n) is 8.54. The molecule has 0 spiro atoms. The maximum absolute atomic E-state index is 12.4. The number of hydrogen-bond donors (Lipinski definition) is 2. The second-order valence-electron chi connectivity index (χ2n) is 6.24.